The predicted molar refractivity (Wildman–Crippen MR) is 68.2 cm³/mol. The van der Waals surface area contributed by atoms with Gasteiger partial charge in [0.25, 0.3) is 0 Å². The number of hydrogen-bond donors (Lipinski definition) is 2. The third kappa shape index (κ3) is 3.71. The molecule has 1 aliphatic rings. The Hall–Kier alpha value is -1.11. The summed E-state index contributed by atoms with van der Waals surface area (Å²) < 4.78 is 42.8. The maximum Gasteiger partial charge on any atom is 0.416 e. The molecule has 112 valence electrons. The number of ether oxygens (including phenoxy) is 1. The molecule has 1 aromatic carbocycles. The van der Waals surface area contributed by atoms with Gasteiger partial charge in [0.05, 0.1) is 24.4 Å². The van der Waals surface area contributed by atoms with Gasteiger partial charge in [0.2, 0.25) is 0 Å². The standard InChI is InChI=1S/C14H18F3NO2/c1-13(19,8-12-9-20-7-6-18-12)10-2-4-11(5-3-10)14(15,16)17/h2-5,12,18-19H,6-9H2,1H3. The highest BCUT2D eigenvalue weighted by molar-refractivity contribution is 5.28. The number of alkyl halides is 3. The van der Waals surface area contributed by atoms with Crippen molar-refractivity contribution in [1.82, 2.24) is 5.32 Å². The Kier molecular flexibility index (Phi) is 4.36. The lowest BCUT2D eigenvalue weighted by Crippen LogP contribution is -2.45. The summed E-state index contributed by atoms with van der Waals surface area (Å²) in [6.07, 6.45) is -3.97. The van der Waals surface area contributed by atoms with E-state index < -0.39 is 17.3 Å². The van der Waals surface area contributed by atoms with Crippen molar-refractivity contribution in [3.05, 3.63) is 35.4 Å². The molecule has 1 saturated heterocycles. The highest BCUT2D eigenvalue weighted by Crippen LogP contribution is 2.32. The lowest BCUT2D eigenvalue weighted by Gasteiger charge is -2.32. The van der Waals surface area contributed by atoms with Crippen LogP contribution in [0, 0.1) is 0 Å². The lowest BCUT2D eigenvalue weighted by molar-refractivity contribution is -0.137. The van der Waals surface area contributed by atoms with E-state index in [1.165, 1.54) is 12.1 Å². The minimum absolute atomic E-state index is 0.000965. The van der Waals surface area contributed by atoms with Crippen LogP contribution in [0.4, 0.5) is 13.2 Å². The van der Waals surface area contributed by atoms with Gasteiger partial charge in [0.1, 0.15) is 0 Å². The minimum atomic E-state index is -4.36. The SMILES string of the molecule is CC(O)(CC1COCCN1)c1ccc(C(F)(F)F)cc1. The molecule has 1 heterocycles. The third-order valence-corrected chi connectivity index (χ3v) is 3.48. The third-order valence-electron chi connectivity index (χ3n) is 3.48. The maximum atomic E-state index is 12.5. The van der Waals surface area contributed by atoms with Gasteiger partial charge in [-0.15, -0.1) is 0 Å². The van der Waals surface area contributed by atoms with Crippen LogP contribution in [-0.2, 0) is 16.5 Å². The molecule has 1 fully saturated rings. The Balaban J connectivity index is 2.08. The first-order chi connectivity index (χ1) is 9.29. The quantitative estimate of drug-likeness (QED) is 0.897. The van der Waals surface area contributed by atoms with Crippen LogP contribution in [0.15, 0.2) is 24.3 Å². The molecular formula is C14H18F3NO2. The fourth-order valence-electron chi connectivity index (χ4n) is 2.37. The molecule has 0 spiro atoms. The zero-order valence-electron chi connectivity index (χ0n) is 11.2. The molecule has 2 rings (SSSR count). The van der Waals surface area contributed by atoms with Crippen molar-refractivity contribution >= 4 is 0 Å². The summed E-state index contributed by atoms with van der Waals surface area (Å²) in [6.45, 7) is 3.45. The molecular weight excluding hydrogens is 271 g/mol. The molecule has 1 aromatic rings. The van der Waals surface area contributed by atoms with Crippen LogP contribution in [0.25, 0.3) is 0 Å². The van der Waals surface area contributed by atoms with Gasteiger partial charge < -0.3 is 15.2 Å². The number of benzene rings is 1. The Labute approximate surface area is 115 Å². The van der Waals surface area contributed by atoms with Crippen LogP contribution in [0.2, 0.25) is 0 Å². The molecule has 2 unspecified atom stereocenters. The molecule has 2 N–H and O–H groups in total. The van der Waals surface area contributed by atoms with Crippen LogP contribution < -0.4 is 5.32 Å². The molecule has 3 nitrogen and oxygen atoms in total. The monoisotopic (exact) mass is 289 g/mol. The van der Waals surface area contributed by atoms with Crippen molar-refractivity contribution in [3.8, 4) is 0 Å². The Bertz CT molecular complexity index is 437. The van der Waals surface area contributed by atoms with Gasteiger partial charge in [-0.2, -0.15) is 13.2 Å². The average Bonchev–Trinajstić information content (AvgIpc) is 2.38. The van der Waals surface area contributed by atoms with E-state index in [0.717, 1.165) is 12.1 Å². The van der Waals surface area contributed by atoms with Crippen LogP contribution in [0.3, 0.4) is 0 Å². The topological polar surface area (TPSA) is 41.5 Å². The van der Waals surface area contributed by atoms with E-state index >= 15 is 0 Å². The average molecular weight is 289 g/mol. The van der Waals surface area contributed by atoms with E-state index in [-0.39, 0.29) is 6.04 Å². The van der Waals surface area contributed by atoms with Gasteiger partial charge >= 0.3 is 6.18 Å². The number of aliphatic hydroxyl groups is 1. The van der Waals surface area contributed by atoms with E-state index in [1.807, 2.05) is 0 Å². The molecule has 2 atom stereocenters. The summed E-state index contributed by atoms with van der Waals surface area (Å²) in [5.41, 5.74) is -1.43. The second-order valence-electron chi connectivity index (χ2n) is 5.28. The normalized spacial score (nSPS) is 23.4. The number of halogens is 3. The molecule has 6 heteroatoms. The van der Waals surface area contributed by atoms with Crippen LogP contribution in [0.1, 0.15) is 24.5 Å². The van der Waals surface area contributed by atoms with Gasteiger partial charge in [0.15, 0.2) is 0 Å². The highest BCUT2D eigenvalue weighted by Gasteiger charge is 2.32. The van der Waals surface area contributed by atoms with Crippen molar-refractivity contribution in [1.29, 1.82) is 0 Å². The van der Waals surface area contributed by atoms with E-state index in [1.54, 1.807) is 6.92 Å². The van der Waals surface area contributed by atoms with Crippen LogP contribution in [-0.4, -0.2) is 30.9 Å². The summed E-state index contributed by atoms with van der Waals surface area (Å²) in [5.74, 6) is 0. The summed E-state index contributed by atoms with van der Waals surface area (Å²) in [4.78, 5) is 0. The Morgan fingerprint density at radius 2 is 1.85 bits per heavy atom. The zero-order chi connectivity index (χ0) is 14.8. The highest BCUT2D eigenvalue weighted by atomic mass is 19.4. The van der Waals surface area contributed by atoms with Gasteiger partial charge in [-0.3, -0.25) is 0 Å². The maximum absolute atomic E-state index is 12.5. The van der Waals surface area contributed by atoms with E-state index in [4.69, 9.17) is 4.74 Å². The molecule has 0 radical (unpaired) electrons. The second kappa shape index (κ2) is 5.71. The number of rotatable bonds is 3. The summed E-state index contributed by atoms with van der Waals surface area (Å²) in [5, 5.41) is 13.7. The predicted octanol–water partition coefficient (Wildman–Crippen LogP) is 2.29. The molecule has 0 amide bonds. The Morgan fingerprint density at radius 1 is 1.25 bits per heavy atom. The van der Waals surface area contributed by atoms with Crippen LogP contribution >= 0.6 is 0 Å². The number of morpholine rings is 1. The van der Waals surface area contributed by atoms with Gasteiger partial charge in [-0.25, -0.2) is 0 Å². The fourth-order valence-corrected chi connectivity index (χ4v) is 2.37. The number of hydrogen-bond acceptors (Lipinski definition) is 3. The molecule has 0 aromatic heterocycles. The molecule has 0 aliphatic carbocycles. The minimum Gasteiger partial charge on any atom is -0.385 e. The van der Waals surface area contributed by atoms with E-state index in [0.29, 0.717) is 31.7 Å². The first-order valence-corrected chi connectivity index (χ1v) is 6.50. The lowest BCUT2D eigenvalue weighted by atomic mass is 9.88. The fraction of sp³-hybridized carbons (Fsp3) is 0.571. The first-order valence-electron chi connectivity index (χ1n) is 6.50. The van der Waals surface area contributed by atoms with Crippen molar-refractivity contribution < 1.29 is 23.0 Å². The van der Waals surface area contributed by atoms with Gasteiger partial charge in [0, 0.05) is 12.6 Å². The Morgan fingerprint density at radius 3 is 2.35 bits per heavy atom. The van der Waals surface area contributed by atoms with Crippen molar-refractivity contribution in [2.75, 3.05) is 19.8 Å². The second-order valence-corrected chi connectivity index (χ2v) is 5.28. The smallest absolute Gasteiger partial charge is 0.385 e. The largest absolute Gasteiger partial charge is 0.416 e. The van der Waals surface area contributed by atoms with Crippen molar-refractivity contribution in [3.63, 3.8) is 0 Å². The summed E-state index contributed by atoms with van der Waals surface area (Å²) in [6, 6.07) is 4.64. The molecule has 0 saturated carbocycles. The molecule has 20 heavy (non-hydrogen) atoms. The van der Waals surface area contributed by atoms with E-state index in [2.05, 4.69) is 5.32 Å². The number of nitrogens with one attached hydrogen (secondary N) is 1. The molecule has 0 bridgehead atoms. The molecule has 1 aliphatic heterocycles. The zero-order valence-corrected chi connectivity index (χ0v) is 11.2. The van der Waals surface area contributed by atoms with E-state index in [9.17, 15) is 18.3 Å². The van der Waals surface area contributed by atoms with Gasteiger partial charge in [-0.1, -0.05) is 12.1 Å². The van der Waals surface area contributed by atoms with Crippen LogP contribution in [0.5, 0.6) is 0 Å². The van der Waals surface area contributed by atoms with Gasteiger partial charge in [-0.05, 0) is 31.0 Å². The van der Waals surface area contributed by atoms with Crippen molar-refractivity contribution in [2.45, 2.75) is 31.2 Å². The van der Waals surface area contributed by atoms with Crippen molar-refractivity contribution in [2.24, 2.45) is 0 Å². The summed E-state index contributed by atoms with van der Waals surface area (Å²) in [7, 11) is 0. The summed E-state index contributed by atoms with van der Waals surface area (Å²) >= 11 is 0. The first kappa shape index (κ1) is 15.3.